The highest BCUT2D eigenvalue weighted by Gasteiger charge is 2.19. The summed E-state index contributed by atoms with van der Waals surface area (Å²) < 4.78 is 10.5. The van der Waals surface area contributed by atoms with E-state index in [2.05, 4.69) is 0 Å². The molecule has 1 amide bonds. The van der Waals surface area contributed by atoms with Gasteiger partial charge in [-0.25, -0.2) is 0 Å². The summed E-state index contributed by atoms with van der Waals surface area (Å²) in [6.07, 6.45) is 1.62. The summed E-state index contributed by atoms with van der Waals surface area (Å²) in [6.45, 7) is 1.43. The van der Waals surface area contributed by atoms with Crippen LogP contribution in [0.4, 0.5) is 0 Å². The van der Waals surface area contributed by atoms with Crippen molar-refractivity contribution in [1.29, 1.82) is 0 Å². The molecule has 0 atom stereocenters. The molecule has 4 heteroatoms. The zero-order valence-electron chi connectivity index (χ0n) is 13.1. The predicted molar refractivity (Wildman–Crippen MR) is 89.3 cm³/mol. The van der Waals surface area contributed by atoms with E-state index in [0.717, 1.165) is 16.5 Å². The van der Waals surface area contributed by atoms with Crippen molar-refractivity contribution in [2.24, 2.45) is 0 Å². The van der Waals surface area contributed by atoms with Crippen molar-refractivity contribution in [1.82, 2.24) is 4.90 Å². The SMILES string of the molecule is COCCN(Cc1ccco1)C(=O)c1cccc2ccccc12. The molecule has 0 aliphatic rings. The van der Waals surface area contributed by atoms with Gasteiger partial charge in [-0.2, -0.15) is 0 Å². The fourth-order valence-corrected chi connectivity index (χ4v) is 2.63. The van der Waals surface area contributed by atoms with Gasteiger partial charge in [-0.3, -0.25) is 4.79 Å². The average molecular weight is 309 g/mol. The van der Waals surface area contributed by atoms with E-state index in [-0.39, 0.29) is 5.91 Å². The minimum absolute atomic E-state index is 0.0183. The summed E-state index contributed by atoms with van der Waals surface area (Å²) >= 11 is 0. The molecule has 0 unspecified atom stereocenters. The number of nitrogens with zero attached hydrogens (tertiary/aromatic N) is 1. The van der Waals surface area contributed by atoms with Gasteiger partial charge in [0.05, 0.1) is 19.4 Å². The van der Waals surface area contributed by atoms with E-state index in [9.17, 15) is 4.79 Å². The Hall–Kier alpha value is -2.59. The quantitative estimate of drug-likeness (QED) is 0.697. The molecule has 0 radical (unpaired) electrons. The van der Waals surface area contributed by atoms with Crippen LogP contribution in [0.1, 0.15) is 16.1 Å². The van der Waals surface area contributed by atoms with Gasteiger partial charge in [0.2, 0.25) is 0 Å². The highest BCUT2D eigenvalue weighted by atomic mass is 16.5. The molecule has 2 aromatic carbocycles. The number of amides is 1. The molecular formula is C19H19NO3. The van der Waals surface area contributed by atoms with Crippen LogP contribution in [0, 0.1) is 0 Å². The fraction of sp³-hybridized carbons (Fsp3) is 0.211. The van der Waals surface area contributed by atoms with Gasteiger partial charge < -0.3 is 14.1 Å². The summed E-state index contributed by atoms with van der Waals surface area (Å²) in [5, 5.41) is 2.02. The second kappa shape index (κ2) is 7.11. The van der Waals surface area contributed by atoms with E-state index < -0.39 is 0 Å². The van der Waals surface area contributed by atoms with Gasteiger partial charge in [-0.15, -0.1) is 0 Å². The summed E-state index contributed by atoms with van der Waals surface area (Å²) in [6, 6.07) is 17.4. The maximum atomic E-state index is 13.0. The van der Waals surface area contributed by atoms with Crippen molar-refractivity contribution in [2.45, 2.75) is 6.54 Å². The number of ether oxygens (including phenoxy) is 1. The first kappa shape index (κ1) is 15.3. The lowest BCUT2D eigenvalue weighted by Crippen LogP contribution is -2.33. The van der Waals surface area contributed by atoms with Gasteiger partial charge in [0, 0.05) is 19.2 Å². The Morgan fingerprint density at radius 2 is 1.91 bits per heavy atom. The van der Waals surface area contributed by atoms with E-state index in [1.54, 1.807) is 18.3 Å². The fourth-order valence-electron chi connectivity index (χ4n) is 2.63. The summed E-state index contributed by atoms with van der Waals surface area (Å²) in [7, 11) is 1.63. The van der Waals surface area contributed by atoms with Crippen molar-refractivity contribution in [3.63, 3.8) is 0 Å². The molecule has 3 rings (SSSR count). The number of hydrogen-bond acceptors (Lipinski definition) is 3. The van der Waals surface area contributed by atoms with Gasteiger partial charge in [-0.1, -0.05) is 36.4 Å². The number of rotatable bonds is 6. The molecule has 118 valence electrons. The third-order valence-electron chi connectivity index (χ3n) is 3.80. The van der Waals surface area contributed by atoms with E-state index in [1.165, 1.54) is 0 Å². The lowest BCUT2D eigenvalue weighted by atomic mass is 10.0. The van der Waals surface area contributed by atoms with Crippen molar-refractivity contribution >= 4 is 16.7 Å². The number of carbonyl (C=O) groups excluding carboxylic acids is 1. The largest absolute Gasteiger partial charge is 0.467 e. The van der Waals surface area contributed by atoms with Crippen LogP contribution >= 0.6 is 0 Å². The third-order valence-corrected chi connectivity index (χ3v) is 3.80. The molecule has 0 spiro atoms. The number of carbonyl (C=O) groups is 1. The minimum atomic E-state index is -0.0183. The highest BCUT2D eigenvalue weighted by Crippen LogP contribution is 2.21. The summed E-state index contributed by atoms with van der Waals surface area (Å²) in [5.41, 5.74) is 0.700. The molecule has 0 aliphatic carbocycles. The zero-order valence-corrected chi connectivity index (χ0v) is 13.1. The van der Waals surface area contributed by atoms with Gasteiger partial charge in [0.15, 0.2) is 0 Å². The Labute approximate surface area is 135 Å². The van der Waals surface area contributed by atoms with Crippen molar-refractivity contribution in [3.8, 4) is 0 Å². The normalized spacial score (nSPS) is 10.8. The van der Waals surface area contributed by atoms with E-state index in [0.29, 0.717) is 25.3 Å². The zero-order chi connectivity index (χ0) is 16.1. The van der Waals surface area contributed by atoms with Crippen molar-refractivity contribution < 1.29 is 13.9 Å². The van der Waals surface area contributed by atoms with Crippen LogP contribution in [0.15, 0.2) is 65.3 Å². The first-order chi connectivity index (χ1) is 11.3. The van der Waals surface area contributed by atoms with Crippen LogP contribution in [0.25, 0.3) is 10.8 Å². The second-order valence-corrected chi connectivity index (χ2v) is 5.33. The lowest BCUT2D eigenvalue weighted by Gasteiger charge is -2.22. The first-order valence-electron chi connectivity index (χ1n) is 7.58. The molecule has 0 N–H and O–H groups in total. The van der Waals surface area contributed by atoms with E-state index in [1.807, 2.05) is 54.6 Å². The van der Waals surface area contributed by atoms with Crippen LogP contribution in [0.2, 0.25) is 0 Å². The Morgan fingerprint density at radius 3 is 2.70 bits per heavy atom. The summed E-state index contributed by atoms with van der Waals surface area (Å²) in [5.74, 6) is 0.741. The molecule has 0 saturated carbocycles. The smallest absolute Gasteiger partial charge is 0.254 e. The minimum Gasteiger partial charge on any atom is -0.467 e. The van der Waals surface area contributed by atoms with Crippen LogP contribution < -0.4 is 0 Å². The van der Waals surface area contributed by atoms with Gasteiger partial charge in [0.25, 0.3) is 5.91 Å². The van der Waals surface area contributed by atoms with Crippen LogP contribution in [0.5, 0.6) is 0 Å². The van der Waals surface area contributed by atoms with Crippen molar-refractivity contribution in [3.05, 3.63) is 72.2 Å². The van der Waals surface area contributed by atoms with Crippen LogP contribution in [-0.4, -0.2) is 31.1 Å². The molecule has 0 bridgehead atoms. The van der Waals surface area contributed by atoms with Crippen LogP contribution in [0.3, 0.4) is 0 Å². The maximum absolute atomic E-state index is 13.0. The highest BCUT2D eigenvalue weighted by molar-refractivity contribution is 6.06. The van der Waals surface area contributed by atoms with Crippen molar-refractivity contribution in [2.75, 3.05) is 20.3 Å². The lowest BCUT2D eigenvalue weighted by molar-refractivity contribution is 0.0668. The Bertz CT molecular complexity index is 775. The standard InChI is InChI=1S/C19H19NO3/c1-22-13-11-20(14-16-8-5-12-23-16)19(21)18-10-4-7-15-6-2-3-9-17(15)18/h2-10,12H,11,13-14H2,1H3. The Morgan fingerprint density at radius 1 is 1.09 bits per heavy atom. The molecule has 1 aromatic heterocycles. The molecular weight excluding hydrogens is 290 g/mol. The van der Waals surface area contributed by atoms with Crippen LogP contribution in [-0.2, 0) is 11.3 Å². The first-order valence-corrected chi connectivity index (χ1v) is 7.58. The number of benzene rings is 2. The van der Waals surface area contributed by atoms with E-state index >= 15 is 0 Å². The molecule has 23 heavy (non-hydrogen) atoms. The molecule has 0 saturated heterocycles. The topological polar surface area (TPSA) is 42.7 Å². The third kappa shape index (κ3) is 3.43. The molecule has 3 aromatic rings. The number of hydrogen-bond donors (Lipinski definition) is 0. The number of methoxy groups -OCH3 is 1. The summed E-state index contributed by atoms with van der Waals surface area (Å²) in [4.78, 5) is 14.8. The average Bonchev–Trinajstić information content (AvgIpc) is 3.10. The molecule has 4 nitrogen and oxygen atoms in total. The number of furan rings is 1. The van der Waals surface area contributed by atoms with E-state index in [4.69, 9.17) is 9.15 Å². The molecule has 0 fully saturated rings. The number of fused-ring (bicyclic) bond motifs is 1. The second-order valence-electron chi connectivity index (χ2n) is 5.33. The van der Waals surface area contributed by atoms with Gasteiger partial charge in [-0.05, 0) is 29.0 Å². The Balaban J connectivity index is 1.92. The maximum Gasteiger partial charge on any atom is 0.254 e. The molecule has 0 aliphatic heterocycles. The van der Waals surface area contributed by atoms with Gasteiger partial charge >= 0.3 is 0 Å². The molecule has 1 heterocycles. The van der Waals surface area contributed by atoms with Gasteiger partial charge in [0.1, 0.15) is 5.76 Å². The Kier molecular flexibility index (Phi) is 4.74. The monoisotopic (exact) mass is 309 g/mol. The predicted octanol–water partition coefficient (Wildman–Crippen LogP) is 3.72.